The van der Waals surface area contributed by atoms with Gasteiger partial charge in [0.25, 0.3) is 0 Å². The maximum atomic E-state index is 12.6. The van der Waals surface area contributed by atoms with Crippen LogP contribution in [0.2, 0.25) is 0 Å². The van der Waals surface area contributed by atoms with Crippen LogP contribution in [-0.4, -0.2) is 16.7 Å². The first-order chi connectivity index (χ1) is 10.2. The average Bonchev–Trinajstić information content (AvgIpc) is 3.17. The molecule has 21 heavy (non-hydrogen) atoms. The topological polar surface area (TPSA) is 63.4 Å². The van der Waals surface area contributed by atoms with Crippen LogP contribution < -0.4 is 5.73 Å². The molecule has 0 spiro atoms. The molecule has 1 aromatic rings. The molecule has 4 heteroatoms. The molecule has 3 aliphatic rings. The van der Waals surface area contributed by atoms with Gasteiger partial charge in [0, 0.05) is 6.54 Å². The summed E-state index contributed by atoms with van der Waals surface area (Å²) in [5.41, 5.74) is 7.71. The third kappa shape index (κ3) is 1.72. The summed E-state index contributed by atoms with van der Waals surface area (Å²) in [5, 5.41) is 0. The molecule has 1 saturated carbocycles. The molecule has 1 saturated heterocycles. The summed E-state index contributed by atoms with van der Waals surface area (Å²) < 4.78 is 0. The van der Waals surface area contributed by atoms with E-state index in [9.17, 15) is 9.59 Å². The molecule has 4 atom stereocenters. The number of amides is 2. The monoisotopic (exact) mass is 282 g/mol. The molecule has 2 amide bonds. The number of nitrogens with two attached hydrogens (primary N) is 1. The fraction of sp³-hybridized carbons (Fsp3) is 0.412. The van der Waals surface area contributed by atoms with Gasteiger partial charge in [-0.05, 0) is 29.4 Å². The quantitative estimate of drug-likeness (QED) is 0.674. The summed E-state index contributed by atoms with van der Waals surface area (Å²) >= 11 is 0. The van der Waals surface area contributed by atoms with E-state index >= 15 is 0 Å². The minimum Gasteiger partial charge on any atom is -0.326 e. The minimum absolute atomic E-state index is 0.00803. The maximum Gasteiger partial charge on any atom is 0.234 e. The second kappa shape index (κ2) is 4.53. The zero-order chi connectivity index (χ0) is 14.6. The Morgan fingerprint density at radius 3 is 2.14 bits per heavy atom. The van der Waals surface area contributed by atoms with Crippen LogP contribution in [0, 0.1) is 23.7 Å². The molecule has 1 aliphatic heterocycles. The lowest BCUT2D eigenvalue weighted by Crippen LogP contribution is -2.32. The van der Waals surface area contributed by atoms with E-state index in [1.165, 1.54) is 4.90 Å². The highest BCUT2D eigenvalue weighted by molar-refractivity contribution is 6.06. The predicted molar refractivity (Wildman–Crippen MR) is 77.6 cm³/mol. The molecule has 0 radical (unpaired) electrons. The van der Waals surface area contributed by atoms with Crippen LogP contribution >= 0.6 is 0 Å². The van der Waals surface area contributed by atoms with Crippen LogP contribution in [0.5, 0.6) is 0 Å². The van der Waals surface area contributed by atoms with E-state index in [0.29, 0.717) is 13.1 Å². The van der Waals surface area contributed by atoms with Gasteiger partial charge in [-0.2, -0.15) is 0 Å². The molecule has 4 nitrogen and oxygen atoms in total. The standard InChI is InChI=1S/C17H18N2O2/c18-8-12-3-1-2-4-13(12)9-19-16(20)14-10-5-6-11(7-10)15(14)17(19)21/h1-6,10-11,14-15H,7-9,18H2. The largest absolute Gasteiger partial charge is 0.326 e. The highest BCUT2D eigenvalue weighted by Crippen LogP contribution is 2.52. The smallest absolute Gasteiger partial charge is 0.234 e. The van der Waals surface area contributed by atoms with Crippen LogP contribution in [0.3, 0.4) is 0 Å². The molecule has 2 fully saturated rings. The Morgan fingerprint density at radius 2 is 1.57 bits per heavy atom. The number of rotatable bonds is 3. The van der Waals surface area contributed by atoms with Crippen molar-refractivity contribution >= 4 is 11.8 Å². The number of imide groups is 1. The number of hydrogen-bond acceptors (Lipinski definition) is 3. The second-order valence-corrected chi connectivity index (χ2v) is 6.24. The van der Waals surface area contributed by atoms with Gasteiger partial charge in [0.05, 0.1) is 18.4 Å². The third-order valence-electron chi connectivity index (χ3n) is 5.23. The number of fused-ring (bicyclic) bond motifs is 5. The van der Waals surface area contributed by atoms with E-state index in [0.717, 1.165) is 17.5 Å². The molecular weight excluding hydrogens is 264 g/mol. The summed E-state index contributed by atoms with van der Waals surface area (Å²) in [5.74, 6) is 0.329. The Hall–Kier alpha value is -1.94. The van der Waals surface area contributed by atoms with E-state index in [4.69, 9.17) is 5.73 Å². The van der Waals surface area contributed by atoms with E-state index < -0.39 is 0 Å². The Kier molecular flexibility index (Phi) is 2.76. The summed E-state index contributed by atoms with van der Waals surface area (Å²) in [7, 11) is 0. The lowest BCUT2D eigenvalue weighted by molar-refractivity contribution is -0.141. The van der Waals surface area contributed by atoms with Crippen LogP contribution in [0.25, 0.3) is 0 Å². The SMILES string of the molecule is NCc1ccccc1CN1C(=O)C2C3C=CC(C3)C2C1=O. The van der Waals surface area contributed by atoms with Gasteiger partial charge in [-0.1, -0.05) is 36.4 Å². The highest BCUT2D eigenvalue weighted by Gasteiger charge is 2.59. The van der Waals surface area contributed by atoms with Gasteiger partial charge in [0.15, 0.2) is 0 Å². The zero-order valence-corrected chi connectivity index (χ0v) is 11.7. The summed E-state index contributed by atoms with van der Waals surface area (Å²) in [6.45, 7) is 0.781. The fourth-order valence-electron chi connectivity index (χ4n) is 4.20. The third-order valence-corrected chi connectivity index (χ3v) is 5.23. The number of allylic oxidation sites excluding steroid dienone is 2. The first-order valence-electron chi connectivity index (χ1n) is 7.51. The van der Waals surface area contributed by atoms with Gasteiger partial charge in [-0.25, -0.2) is 0 Å². The average molecular weight is 282 g/mol. The van der Waals surface area contributed by atoms with E-state index in [1.54, 1.807) is 0 Å². The van der Waals surface area contributed by atoms with E-state index in [2.05, 4.69) is 12.2 Å². The lowest BCUT2D eigenvalue weighted by atomic mass is 9.85. The molecule has 2 aliphatic carbocycles. The molecule has 1 aromatic carbocycles. The number of likely N-dealkylation sites (tertiary alicyclic amines) is 1. The molecule has 4 rings (SSSR count). The van der Waals surface area contributed by atoms with Gasteiger partial charge in [0.2, 0.25) is 11.8 Å². The molecular formula is C17H18N2O2. The van der Waals surface area contributed by atoms with Crippen LogP contribution in [-0.2, 0) is 22.7 Å². The first-order valence-corrected chi connectivity index (χ1v) is 7.51. The Labute approximate surface area is 123 Å². The molecule has 1 heterocycles. The summed E-state index contributed by atoms with van der Waals surface area (Å²) in [6.07, 6.45) is 5.21. The maximum absolute atomic E-state index is 12.6. The molecule has 2 N–H and O–H groups in total. The molecule has 4 unspecified atom stereocenters. The van der Waals surface area contributed by atoms with Crippen LogP contribution in [0.4, 0.5) is 0 Å². The minimum atomic E-state index is -0.113. The van der Waals surface area contributed by atoms with Crippen LogP contribution in [0.15, 0.2) is 36.4 Å². The fourth-order valence-corrected chi connectivity index (χ4v) is 4.20. The van der Waals surface area contributed by atoms with Crippen molar-refractivity contribution in [2.45, 2.75) is 19.5 Å². The number of carbonyl (C=O) groups excluding carboxylic acids is 2. The van der Waals surface area contributed by atoms with Gasteiger partial charge in [0.1, 0.15) is 0 Å². The Bertz CT molecular complexity index is 622. The Balaban J connectivity index is 1.63. The number of carbonyl (C=O) groups is 2. The van der Waals surface area contributed by atoms with Crippen molar-refractivity contribution in [2.24, 2.45) is 29.4 Å². The van der Waals surface area contributed by atoms with Crippen molar-refractivity contribution in [3.05, 3.63) is 47.5 Å². The highest BCUT2D eigenvalue weighted by atomic mass is 16.2. The normalized spacial score (nSPS) is 33.1. The van der Waals surface area contributed by atoms with Crippen molar-refractivity contribution in [2.75, 3.05) is 0 Å². The van der Waals surface area contributed by atoms with Crippen molar-refractivity contribution in [3.8, 4) is 0 Å². The summed E-state index contributed by atoms with van der Waals surface area (Å²) in [4.78, 5) is 26.7. The Morgan fingerprint density at radius 1 is 1.00 bits per heavy atom. The first kappa shape index (κ1) is 12.8. The predicted octanol–water partition coefficient (Wildman–Crippen LogP) is 1.45. The van der Waals surface area contributed by atoms with Crippen molar-refractivity contribution in [1.29, 1.82) is 0 Å². The zero-order valence-electron chi connectivity index (χ0n) is 11.7. The molecule has 2 bridgehead atoms. The second-order valence-electron chi connectivity index (χ2n) is 6.24. The van der Waals surface area contributed by atoms with Gasteiger partial charge >= 0.3 is 0 Å². The number of benzene rings is 1. The summed E-state index contributed by atoms with van der Waals surface area (Å²) in [6, 6.07) is 7.75. The van der Waals surface area contributed by atoms with Gasteiger partial charge in [-0.3, -0.25) is 14.5 Å². The van der Waals surface area contributed by atoms with Crippen molar-refractivity contribution < 1.29 is 9.59 Å². The van der Waals surface area contributed by atoms with E-state index in [1.807, 2.05) is 24.3 Å². The number of nitrogens with zero attached hydrogens (tertiary/aromatic N) is 1. The number of hydrogen-bond donors (Lipinski definition) is 1. The van der Waals surface area contributed by atoms with Crippen molar-refractivity contribution in [3.63, 3.8) is 0 Å². The van der Waals surface area contributed by atoms with E-state index in [-0.39, 0.29) is 35.5 Å². The van der Waals surface area contributed by atoms with Crippen LogP contribution in [0.1, 0.15) is 17.5 Å². The molecule has 108 valence electrons. The lowest BCUT2D eigenvalue weighted by Gasteiger charge is -2.18. The van der Waals surface area contributed by atoms with Gasteiger partial charge < -0.3 is 5.73 Å². The van der Waals surface area contributed by atoms with Crippen molar-refractivity contribution in [1.82, 2.24) is 4.90 Å². The molecule has 0 aromatic heterocycles. The van der Waals surface area contributed by atoms with Gasteiger partial charge in [-0.15, -0.1) is 0 Å².